The van der Waals surface area contributed by atoms with Gasteiger partial charge in [0, 0.05) is 31.3 Å². The van der Waals surface area contributed by atoms with Crippen molar-refractivity contribution >= 4 is 0 Å². The molecular formula is C17H28F2N2. The van der Waals surface area contributed by atoms with Gasteiger partial charge in [-0.1, -0.05) is 13.8 Å². The van der Waals surface area contributed by atoms with Gasteiger partial charge in [-0.2, -0.15) is 5.26 Å². The first kappa shape index (κ1) is 16.7. The number of halogens is 2. The molecule has 0 radical (unpaired) electrons. The summed E-state index contributed by atoms with van der Waals surface area (Å²) in [6.07, 6.45) is 6.21. The van der Waals surface area contributed by atoms with Crippen LogP contribution >= 0.6 is 0 Å². The Balaban J connectivity index is 1.80. The number of alkyl halides is 2. The number of nitrogens with zero attached hydrogens (tertiary/aromatic N) is 1. The van der Waals surface area contributed by atoms with Gasteiger partial charge in [0.25, 0.3) is 0 Å². The van der Waals surface area contributed by atoms with Crippen LogP contribution in [0.1, 0.15) is 71.6 Å². The standard InChI is InChI=1S/C17H28F2N2/c1-13(2)16(11-12-20)7-3-14(4-8-16)21-15-5-9-17(18,19)10-6-15/h13-15,21H,3-11H2,1-2H3/t14-,16-. The molecule has 0 saturated heterocycles. The van der Waals surface area contributed by atoms with Crippen LogP contribution in [0.25, 0.3) is 0 Å². The highest BCUT2D eigenvalue weighted by Crippen LogP contribution is 2.45. The lowest BCUT2D eigenvalue weighted by Gasteiger charge is -2.43. The van der Waals surface area contributed by atoms with E-state index in [9.17, 15) is 8.78 Å². The van der Waals surface area contributed by atoms with E-state index >= 15 is 0 Å². The Morgan fingerprint density at radius 1 is 1.05 bits per heavy atom. The molecule has 2 aliphatic carbocycles. The summed E-state index contributed by atoms with van der Waals surface area (Å²) in [6.45, 7) is 4.43. The average molecular weight is 298 g/mol. The second-order valence-corrected chi connectivity index (χ2v) is 7.42. The molecule has 2 fully saturated rings. The second-order valence-electron chi connectivity index (χ2n) is 7.42. The third kappa shape index (κ3) is 4.16. The van der Waals surface area contributed by atoms with Gasteiger partial charge < -0.3 is 5.32 Å². The first-order chi connectivity index (χ1) is 9.87. The fourth-order valence-corrected chi connectivity index (χ4v) is 4.02. The van der Waals surface area contributed by atoms with Crippen molar-refractivity contribution in [2.24, 2.45) is 11.3 Å². The van der Waals surface area contributed by atoms with Gasteiger partial charge in [0.15, 0.2) is 0 Å². The molecular weight excluding hydrogens is 270 g/mol. The number of hydrogen-bond donors (Lipinski definition) is 1. The Morgan fingerprint density at radius 3 is 1.95 bits per heavy atom. The van der Waals surface area contributed by atoms with E-state index in [-0.39, 0.29) is 24.3 Å². The molecule has 0 bridgehead atoms. The lowest BCUT2D eigenvalue weighted by Crippen LogP contribution is -2.46. The summed E-state index contributed by atoms with van der Waals surface area (Å²) in [5.74, 6) is -1.91. The molecule has 4 heteroatoms. The molecule has 21 heavy (non-hydrogen) atoms. The molecule has 2 rings (SSSR count). The van der Waals surface area contributed by atoms with Crippen molar-refractivity contribution in [3.63, 3.8) is 0 Å². The molecule has 0 aromatic carbocycles. The topological polar surface area (TPSA) is 35.8 Å². The predicted molar refractivity (Wildman–Crippen MR) is 80.1 cm³/mol. The van der Waals surface area contributed by atoms with Gasteiger partial charge in [-0.3, -0.25) is 0 Å². The minimum Gasteiger partial charge on any atom is -0.311 e. The van der Waals surface area contributed by atoms with Crippen molar-refractivity contribution in [3.05, 3.63) is 0 Å². The van der Waals surface area contributed by atoms with E-state index < -0.39 is 5.92 Å². The Bertz CT molecular complexity index is 369. The van der Waals surface area contributed by atoms with E-state index in [2.05, 4.69) is 25.2 Å². The Kier molecular flexibility index (Phi) is 5.24. The van der Waals surface area contributed by atoms with Crippen molar-refractivity contribution in [1.82, 2.24) is 5.32 Å². The molecule has 2 saturated carbocycles. The SMILES string of the molecule is CC(C)[C@]1(CC#N)CC[C@@H](NC2CCC(F)(F)CC2)CC1. The zero-order valence-electron chi connectivity index (χ0n) is 13.3. The molecule has 0 aliphatic heterocycles. The third-order valence-electron chi connectivity index (χ3n) is 5.83. The van der Waals surface area contributed by atoms with Crippen LogP contribution in [0.2, 0.25) is 0 Å². The molecule has 0 aromatic heterocycles. The van der Waals surface area contributed by atoms with Gasteiger partial charge in [0.2, 0.25) is 5.92 Å². The number of rotatable bonds is 4. The summed E-state index contributed by atoms with van der Waals surface area (Å²) in [7, 11) is 0. The molecule has 0 amide bonds. The minimum atomic E-state index is -2.44. The largest absolute Gasteiger partial charge is 0.311 e. The van der Waals surface area contributed by atoms with Crippen molar-refractivity contribution in [3.8, 4) is 6.07 Å². The smallest absolute Gasteiger partial charge is 0.248 e. The molecule has 0 spiro atoms. The molecule has 1 N–H and O–H groups in total. The zero-order chi connectivity index (χ0) is 15.5. The quantitative estimate of drug-likeness (QED) is 0.820. The summed E-state index contributed by atoms with van der Waals surface area (Å²) < 4.78 is 26.3. The van der Waals surface area contributed by atoms with Crippen LogP contribution in [0.4, 0.5) is 8.78 Å². The van der Waals surface area contributed by atoms with Crippen LogP contribution in [-0.2, 0) is 0 Å². The van der Waals surface area contributed by atoms with Crippen molar-refractivity contribution in [2.75, 3.05) is 0 Å². The third-order valence-corrected chi connectivity index (χ3v) is 5.83. The van der Waals surface area contributed by atoms with Gasteiger partial charge in [-0.15, -0.1) is 0 Å². The Morgan fingerprint density at radius 2 is 1.52 bits per heavy atom. The van der Waals surface area contributed by atoms with Crippen LogP contribution in [0.15, 0.2) is 0 Å². The van der Waals surface area contributed by atoms with Gasteiger partial charge >= 0.3 is 0 Å². The van der Waals surface area contributed by atoms with Gasteiger partial charge in [-0.25, -0.2) is 8.78 Å². The van der Waals surface area contributed by atoms with E-state index in [0.29, 0.717) is 31.2 Å². The number of nitriles is 1. The van der Waals surface area contributed by atoms with Crippen LogP contribution in [0, 0.1) is 22.7 Å². The van der Waals surface area contributed by atoms with Crippen molar-refractivity contribution < 1.29 is 8.78 Å². The Hall–Kier alpha value is -0.690. The van der Waals surface area contributed by atoms with Crippen LogP contribution < -0.4 is 5.32 Å². The molecule has 120 valence electrons. The second kappa shape index (κ2) is 6.60. The molecule has 0 atom stereocenters. The first-order valence-corrected chi connectivity index (χ1v) is 8.38. The van der Waals surface area contributed by atoms with E-state index in [1.54, 1.807) is 0 Å². The molecule has 0 heterocycles. The maximum absolute atomic E-state index is 13.2. The molecule has 0 aromatic rings. The monoisotopic (exact) mass is 298 g/mol. The molecule has 2 aliphatic rings. The van der Waals surface area contributed by atoms with Crippen LogP contribution in [-0.4, -0.2) is 18.0 Å². The maximum Gasteiger partial charge on any atom is 0.248 e. The summed E-state index contributed by atoms with van der Waals surface area (Å²) in [5, 5.41) is 12.7. The predicted octanol–water partition coefficient (Wildman–Crippen LogP) is 4.65. The van der Waals surface area contributed by atoms with Crippen LogP contribution in [0.3, 0.4) is 0 Å². The highest BCUT2D eigenvalue weighted by Gasteiger charge is 2.39. The summed E-state index contributed by atoms with van der Waals surface area (Å²) in [6, 6.07) is 3.07. The fraction of sp³-hybridized carbons (Fsp3) is 0.941. The fourth-order valence-electron chi connectivity index (χ4n) is 4.02. The highest BCUT2D eigenvalue weighted by atomic mass is 19.3. The lowest BCUT2D eigenvalue weighted by atomic mass is 9.64. The summed E-state index contributed by atoms with van der Waals surface area (Å²) >= 11 is 0. The van der Waals surface area contributed by atoms with E-state index in [1.807, 2.05) is 0 Å². The summed E-state index contributed by atoms with van der Waals surface area (Å²) in [4.78, 5) is 0. The van der Waals surface area contributed by atoms with E-state index in [4.69, 9.17) is 5.26 Å². The van der Waals surface area contributed by atoms with Gasteiger partial charge in [0.05, 0.1) is 6.07 Å². The summed E-state index contributed by atoms with van der Waals surface area (Å²) in [5.41, 5.74) is 0.173. The number of nitrogens with one attached hydrogen (secondary N) is 1. The van der Waals surface area contributed by atoms with E-state index in [0.717, 1.165) is 25.7 Å². The first-order valence-electron chi connectivity index (χ1n) is 8.38. The van der Waals surface area contributed by atoms with Crippen LogP contribution in [0.5, 0.6) is 0 Å². The molecule has 0 unspecified atom stereocenters. The number of hydrogen-bond acceptors (Lipinski definition) is 2. The van der Waals surface area contributed by atoms with Crippen molar-refractivity contribution in [1.29, 1.82) is 5.26 Å². The molecule has 2 nitrogen and oxygen atoms in total. The Labute approximate surface area is 127 Å². The lowest BCUT2D eigenvalue weighted by molar-refractivity contribution is -0.0421. The zero-order valence-corrected chi connectivity index (χ0v) is 13.3. The van der Waals surface area contributed by atoms with Crippen molar-refractivity contribution in [2.45, 2.75) is 89.6 Å². The van der Waals surface area contributed by atoms with Gasteiger partial charge in [0.1, 0.15) is 0 Å². The average Bonchev–Trinajstić information content (AvgIpc) is 2.43. The minimum absolute atomic E-state index is 0.0295. The maximum atomic E-state index is 13.2. The highest BCUT2D eigenvalue weighted by molar-refractivity contribution is 4.96. The van der Waals surface area contributed by atoms with Gasteiger partial charge in [-0.05, 0) is 49.9 Å². The normalized spacial score (nSPS) is 33.8. The van der Waals surface area contributed by atoms with E-state index in [1.165, 1.54) is 0 Å².